The van der Waals surface area contributed by atoms with Gasteiger partial charge in [0, 0.05) is 22.2 Å². The molecule has 23 heavy (non-hydrogen) atoms. The van der Waals surface area contributed by atoms with Crippen molar-refractivity contribution >= 4 is 39.3 Å². The summed E-state index contributed by atoms with van der Waals surface area (Å²) in [4.78, 5) is 30.8. The van der Waals surface area contributed by atoms with Crippen LogP contribution in [0.25, 0.3) is 0 Å². The predicted molar refractivity (Wildman–Crippen MR) is 92.4 cm³/mol. The van der Waals surface area contributed by atoms with E-state index in [1.807, 2.05) is 6.26 Å². The van der Waals surface area contributed by atoms with Gasteiger partial charge in [0.05, 0.1) is 5.69 Å². The first kappa shape index (κ1) is 17.7. The van der Waals surface area contributed by atoms with Gasteiger partial charge in [0.25, 0.3) is 5.56 Å². The number of aryl methyl sites for hydroxylation is 1. The Labute approximate surface area is 145 Å². The maximum absolute atomic E-state index is 13.7. The molecule has 0 fully saturated rings. The standard InChI is InChI=1S/C15H15BrFN3O2S/c1-8-10(14(22)20-15(18-8)23-2)4-6-13(21)19-12-5-3-9(16)7-11(12)17/h3,5,7H,4,6H2,1-2H3,(H,19,21)(H,18,20,22). The van der Waals surface area contributed by atoms with E-state index in [0.29, 0.717) is 20.9 Å². The number of nitrogens with zero attached hydrogens (tertiary/aromatic N) is 1. The number of anilines is 1. The molecule has 0 spiro atoms. The van der Waals surface area contributed by atoms with Crippen LogP contribution in [0.15, 0.2) is 32.6 Å². The molecule has 0 aliphatic carbocycles. The number of rotatable bonds is 5. The second-order valence-electron chi connectivity index (χ2n) is 4.81. The average Bonchev–Trinajstić information content (AvgIpc) is 2.49. The van der Waals surface area contributed by atoms with Gasteiger partial charge < -0.3 is 10.3 Å². The van der Waals surface area contributed by atoms with E-state index in [0.717, 1.165) is 0 Å². The minimum absolute atomic E-state index is 0.0692. The Bertz CT molecular complexity index is 795. The molecule has 0 saturated carbocycles. The van der Waals surface area contributed by atoms with Crippen LogP contribution >= 0.6 is 27.7 Å². The molecule has 5 nitrogen and oxygen atoms in total. The highest BCUT2D eigenvalue weighted by molar-refractivity contribution is 9.10. The van der Waals surface area contributed by atoms with Gasteiger partial charge in [0.2, 0.25) is 5.91 Å². The van der Waals surface area contributed by atoms with Gasteiger partial charge in [0.1, 0.15) is 5.82 Å². The molecule has 122 valence electrons. The Morgan fingerprint density at radius 3 is 2.83 bits per heavy atom. The van der Waals surface area contributed by atoms with Crippen molar-refractivity contribution in [3.05, 3.63) is 50.1 Å². The summed E-state index contributed by atoms with van der Waals surface area (Å²) in [5, 5.41) is 3.04. The molecule has 0 unspecified atom stereocenters. The summed E-state index contributed by atoms with van der Waals surface area (Å²) in [6.07, 6.45) is 2.13. The van der Waals surface area contributed by atoms with Crippen LogP contribution in [0.4, 0.5) is 10.1 Å². The summed E-state index contributed by atoms with van der Waals surface area (Å²) in [5.41, 5.74) is 0.930. The lowest BCUT2D eigenvalue weighted by molar-refractivity contribution is -0.116. The van der Waals surface area contributed by atoms with Crippen molar-refractivity contribution in [1.29, 1.82) is 0 Å². The highest BCUT2D eigenvalue weighted by Gasteiger charge is 2.12. The normalized spacial score (nSPS) is 10.6. The minimum atomic E-state index is -0.521. The SMILES string of the molecule is CSc1nc(C)c(CCC(=O)Nc2ccc(Br)cc2F)c(=O)[nH]1. The topological polar surface area (TPSA) is 74.8 Å². The van der Waals surface area contributed by atoms with E-state index in [9.17, 15) is 14.0 Å². The van der Waals surface area contributed by atoms with Gasteiger partial charge in [-0.3, -0.25) is 9.59 Å². The third-order valence-electron chi connectivity index (χ3n) is 3.20. The molecule has 0 atom stereocenters. The van der Waals surface area contributed by atoms with Gasteiger partial charge in [-0.1, -0.05) is 27.7 Å². The molecule has 1 amide bonds. The lowest BCUT2D eigenvalue weighted by Gasteiger charge is -2.08. The number of carbonyl (C=O) groups excluding carboxylic acids is 1. The van der Waals surface area contributed by atoms with Crippen LogP contribution in [0.2, 0.25) is 0 Å². The number of benzene rings is 1. The predicted octanol–water partition coefficient (Wildman–Crippen LogP) is 3.27. The average molecular weight is 400 g/mol. The van der Waals surface area contributed by atoms with Crippen molar-refractivity contribution in [2.24, 2.45) is 0 Å². The monoisotopic (exact) mass is 399 g/mol. The summed E-state index contributed by atoms with van der Waals surface area (Å²) in [6.45, 7) is 1.73. The van der Waals surface area contributed by atoms with Crippen molar-refractivity contribution in [2.45, 2.75) is 24.9 Å². The smallest absolute Gasteiger partial charge is 0.254 e. The molecule has 0 radical (unpaired) electrons. The zero-order valence-electron chi connectivity index (χ0n) is 12.6. The van der Waals surface area contributed by atoms with E-state index in [2.05, 4.69) is 31.2 Å². The molecule has 1 aromatic carbocycles. The van der Waals surface area contributed by atoms with Crippen LogP contribution in [0.3, 0.4) is 0 Å². The third-order valence-corrected chi connectivity index (χ3v) is 4.27. The van der Waals surface area contributed by atoms with Crippen molar-refractivity contribution in [2.75, 3.05) is 11.6 Å². The number of aromatic nitrogens is 2. The van der Waals surface area contributed by atoms with Crippen LogP contribution in [0.1, 0.15) is 17.7 Å². The summed E-state index contributed by atoms with van der Waals surface area (Å²) in [6, 6.07) is 4.39. The van der Waals surface area contributed by atoms with Crippen molar-refractivity contribution in [3.8, 4) is 0 Å². The zero-order chi connectivity index (χ0) is 17.0. The molecule has 0 aliphatic heterocycles. The molecule has 2 aromatic rings. The molecule has 0 bridgehead atoms. The van der Waals surface area contributed by atoms with Gasteiger partial charge in [-0.15, -0.1) is 0 Å². The second-order valence-corrected chi connectivity index (χ2v) is 6.52. The Balaban J connectivity index is 2.03. The molecular weight excluding hydrogens is 385 g/mol. The summed E-state index contributed by atoms with van der Waals surface area (Å²) in [7, 11) is 0. The summed E-state index contributed by atoms with van der Waals surface area (Å²) >= 11 is 4.50. The summed E-state index contributed by atoms with van der Waals surface area (Å²) in [5.74, 6) is -0.883. The Kier molecular flexibility index (Phi) is 5.95. The van der Waals surface area contributed by atoms with Crippen LogP contribution in [-0.4, -0.2) is 22.1 Å². The molecular formula is C15H15BrFN3O2S. The lowest BCUT2D eigenvalue weighted by Crippen LogP contribution is -2.20. The maximum atomic E-state index is 13.7. The van der Waals surface area contributed by atoms with Gasteiger partial charge in [-0.2, -0.15) is 0 Å². The van der Waals surface area contributed by atoms with E-state index in [1.54, 1.807) is 13.0 Å². The van der Waals surface area contributed by atoms with E-state index in [1.165, 1.54) is 23.9 Å². The number of thioether (sulfide) groups is 1. The zero-order valence-corrected chi connectivity index (χ0v) is 15.0. The molecule has 0 aliphatic rings. The summed E-state index contributed by atoms with van der Waals surface area (Å²) < 4.78 is 14.3. The van der Waals surface area contributed by atoms with Gasteiger partial charge >= 0.3 is 0 Å². The number of carbonyl (C=O) groups is 1. The van der Waals surface area contributed by atoms with Gasteiger partial charge in [-0.05, 0) is 37.8 Å². The second kappa shape index (κ2) is 7.74. The van der Waals surface area contributed by atoms with E-state index in [4.69, 9.17) is 0 Å². The van der Waals surface area contributed by atoms with Crippen LogP contribution in [0.5, 0.6) is 0 Å². The van der Waals surface area contributed by atoms with E-state index in [-0.39, 0.29) is 30.0 Å². The van der Waals surface area contributed by atoms with E-state index < -0.39 is 5.82 Å². The fourth-order valence-corrected chi connectivity index (χ4v) is 2.77. The first-order valence-electron chi connectivity index (χ1n) is 6.79. The number of H-pyrrole nitrogens is 1. The highest BCUT2D eigenvalue weighted by Crippen LogP contribution is 2.19. The number of nitrogens with one attached hydrogen (secondary N) is 2. The fourth-order valence-electron chi connectivity index (χ4n) is 2.02. The Morgan fingerprint density at radius 2 is 2.22 bits per heavy atom. The molecule has 1 heterocycles. The number of amides is 1. The Morgan fingerprint density at radius 1 is 1.48 bits per heavy atom. The van der Waals surface area contributed by atoms with Gasteiger partial charge in [0.15, 0.2) is 5.16 Å². The Hall–Kier alpha value is -1.67. The van der Waals surface area contributed by atoms with Crippen LogP contribution < -0.4 is 10.9 Å². The maximum Gasteiger partial charge on any atom is 0.254 e. The van der Waals surface area contributed by atoms with Gasteiger partial charge in [-0.25, -0.2) is 9.37 Å². The van der Waals surface area contributed by atoms with Crippen molar-refractivity contribution < 1.29 is 9.18 Å². The first-order chi connectivity index (χ1) is 10.9. The number of hydrogen-bond acceptors (Lipinski definition) is 4. The lowest BCUT2D eigenvalue weighted by atomic mass is 10.1. The number of hydrogen-bond donors (Lipinski definition) is 2. The van der Waals surface area contributed by atoms with Crippen LogP contribution in [0, 0.1) is 12.7 Å². The third kappa shape index (κ3) is 4.65. The fraction of sp³-hybridized carbons (Fsp3) is 0.267. The number of halogens is 2. The molecule has 2 rings (SSSR count). The van der Waals surface area contributed by atoms with Crippen LogP contribution in [-0.2, 0) is 11.2 Å². The van der Waals surface area contributed by atoms with Crippen molar-refractivity contribution in [3.63, 3.8) is 0 Å². The first-order valence-corrected chi connectivity index (χ1v) is 8.81. The molecule has 2 N–H and O–H groups in total. The highest BCUT2D eigenvalue weighted by atomic mass is 79.9. The molecule has 0 saturated heterocycles. The molecule has 8 heteroatoms. The van der Waals surface area contributed by atoms with E-state index >= 15 is 0 Å². The minimum Gasteiger partial charge on any atom is -0.324 e. The largest absolute Gasteiger partial charge is 0.324 e. The quantitative estimate of drug-likeness (QED) is 0.597. The van der Waals surface area contributed by atoms with Crippen molar-refractivity contribution in [1.82, 2.24) is 9.97 Å². The number of aromatic amines is 1. The molecule has 1 aromatic heterocycles.